The average molecular weight is 213 g/mol. The largest absolute Gasteiger partial charge is 0.480 e. The predicted molar refractivity (Wildman–Crippen MR) is 56.4 cm³/mol. The van der Waals surface area contributed by atoms with E-state index in [1.165, 1.54) is 0 Å². The second-order valence-electron chi connectivity index (χ2n) is 4.17. The van der Waals surface area contributed by atoms with Crippen molar-refractivity contribution in [2.45, 2.75) is 51.5 Å². The fourth-order valence-corrected chi connectivity index (χ4v) is 1.49. The third-order valence-corrected chi connectivity index (χ3v) is 2.66. The maximum absolute atomic E-state index is 11.4. The van der Waals surface area contributed by atoms with E-state index < -0.39 is 12.0 Å². The second kappa shape index (κ2) is 5.73. The zero-order chi connectivity index (χ0) is 11.3. The second-order valence-corrected chi connectivity index (χ2v) is 4.17. The molecular formula is C11H19NO3. The van der Waals surface area contributed by atoms with Crippen LogP contribution in [0.3, 0.4) is 0 Å². The number of aliphatic carboxylic acids is 1. The van der Waals surface area contributed by atoms with Gasteiger partial charge in [-0.05, 0) is 19.3 Å². The van der Waals surface area contributed by atoms with Gasteiger partial charge in [-0.3, -0.25) is 4.79 Å². The molecule has 0 aromatic heterocycles. The summed E-state index contributed by atoms with van der Waals surface area (Å²) in [6.07, 6.45) is 5.30. The van der Waals surface area contributed by atoms with Crippen LogP contribution in [0.5, 0.6) is 0 Å². The van der Waals surface area contributed by atoms with Gasteiger partial charge in [0.05, 0.1) is 0 Å². The number of amides is 1. The first-order chi connectivity index (χ1) is 7.15. The molecule has 86 valence electrons. The van der Waals surface area contributed by atoms with E-state index in [1.807, 2.05) is 0 Å². The topological polar surface area (TPSA) is 66.4 Å². The Balaban J connectivity index is 2.28. The molecule has 1 aliphatic rings. The molecule has 1 aliphatic carbocycles. The molecular weight excluding hydrogens is 194 g/mol. The van der Waals surface area contributed by atoms with E-state index in [4.69, 9.17) is 5.11 Å². The van der Waals surface area contributed by atoms with Gasteiger partial charge >= 0.3 is 5.97 Å². The van der Waals surface area contributed by atoms with Crippen LogP contribution in [0.4, 0.5) is 0 Å². The van der Waals surface area contributed by atoms with Crippen LogP contribution in [0, 0.1) is 5.92 Å². The summed E-state index contributed by atoms with van der Waals surface area (Å²) in [4.78, 5) is 22.2. The van der Waals surface area contributed by atoms with Crippen LogP contribution in [-0.2, 0) is 9.59 Å². The molecule has 0 saturated heterocycles. The number of nitrogens with one attached hydrogen (secondary N) is 1. The van der Waals surface area contributed by atoms with Crippen molar-refractivity contribution in [2.75, 3.05) is 0 Å². The summed E-state index contributed by atoms with van der Waals surface area (Å²) in [7, 11) is 0. The lowest BCUT2D eigenvalue weighted by Gasteiger charge is -2.13. The Bertz CT molecular complexity index is 236. The molecule has 0 heterocycles. The number of hydrogen-bond acceptors (Lipinski definition) is 2. The van der Waals surface area contributed by atoms with E-state index in [-0.39, 0.29) is 11.8 Å². The fourth-order valence-electron chi connectivity index (χ4n) is 1.49. The van der Waals surface area contributed by atoms with Crippen LogP contribution in [0.15, 0.2) is 0 Å². The fraction of sp³-hybridized carbons (Fsp3) is 0.818. The molecule has 4 nitrogen and oxygen atoms in total. The Morgan fingerprint density at radius 3 is 2.53 bits per heavy atom. The van der Waals surface area contributed by atoms with Gasteiger partial charge in [-0.25, -0.2) is 4.79 Å². The van der Waals surface area contributed by atoms with E-state index in [1.54, 1.807) is 0 Å². The lowest BCUT2D eigenvalue weighted by Crippen LogP contribution is -2.41. The molecule has 0 spiro atoms. The Labute approximate surface area is 90.0 Å². The number of carbonyl (C=O) groups is 2. The van der Waals surface area contributed by atoms with E-state index >= 15 is 0 Å². The minimum absolute atomic E-state index is 0.0815. The van der Waals surface area contributed by atoms with Crippen molar-refractivity contribution in [3.05, 3.63) is 0 Å². The lowest BCUT2D eigenvalue weighted by molar-refractivity contribution is -0.142. The smallest absolute Gasteiger partial charge is 0.326 e. The van der Waals surface area contributed by atoms with Crippen LogP contribution >= 0.6 is 0 Å². The van der Waals surface area contributed by atoms with Crippen molar-refractivity contribution in [3.8, 4) is 0 Å². The predicted octanol–water partition coefficient (Wildman–Crippen LogP) is 1.55. The monoisotopic (exact) mass is 213 g/mol. The first-order valence-corrected chi connectivity index (χ1v) is 5.68. The summed E-state index contributed by atoms with van der Waals surface area (Å²) in [5.41, 5.74) is 0. The highest BCUT2D eigenvalue weighted by Crippen LogP contribution is 2.29. The molecule has 15 heavy (non-hydrogen) atoms. The lowest BCUT2D eigenvalue weighted by atomic mass is 10.1. The van der Waals surface area contributed by atoms with Gasteiger partial charge in [0, 0.05) is 5.92 Å². The molecule has 0 aromatic carbocycles. The minimum Gasteiger partial charge on any atom is -0.480 e. The molecule has 0 unspecified atom stereocenters. The van der Waals surface area contributed by atoms with E-state index in [0.717, 1.165) is 32.1 Å². The normalized spacial score (nSPS) is 17.1. The van der Waals surface area contributed by atoms with Gasteiger partial charge in [-0.15, -0.1) is 0 Å². The summed E-state index contributed by atoms with van der Waals surface area (Å²) in [5, 5.41) is 11.5. The standard InChI is InChI=1S/C11H19NO3/c1-2-3-4-5-9(11(14)15)12-10(13)8-6-7-8/h8-9H,2-7H2,1H3,(H,12,13)(H,14,15)/t9-/m1/s1. The van der Waals surface area contributed by atoms with Gasteiger partial charge in [-0.1, -0.05) is 26.2 Å². The minimum atomic E-state index is -0.917. The number of carboxylic acid groups (broad SMARTS) is 1. The Morgan fingerprint density at radius 1 is 1.40 bits per heavy atom. The van der Waals surface area contributed by atoms with Crippen molar-refractivity contribution >= 4 is 11.9 Å². The van der Waals surface area contributed by atoms with Crippen LogP contribution < -0.4 is 5.32 Å². The average Bonchev–Trinajstić information content (AvgIpc) is 2.99. The van der Waals surface area contributed by atoms with Gasteiger partial charge in [0.25, 0.3) is 0 Å². The van der Waals surface area contributed by atoms with E-state index in [2.05, 4.69) is 12.2 Å². The molecule has 1 fully saturated rings. The number of hydrogen-bond donors (Lipinski definition) is 2. The highest BCUT2D eigenvalue weighted by molar-refractivity contribution is 5.86. The van der Waals surface area contributed by atoms with Crippen LogP contribution in [-0.4, -0.2) is 23.0 Å². The van der Waals surface area contributed by atoms with Gasteiger partial charge in [0.1, 0.15) is 6.04 Å². The summed E-state index contributed by atoms with van der Waals surface area (Å²) in [6, 6.07) is -0.690. The summed E-state index contributed by atoms with van der Waals surface area (Å²) in [6.45, 7) is 2.07. The molecule has 0 radical (unpaired) electrons. The number of rotatable bonds is 7. The molecule has 0 aromatic rings. The number of carbonyl (C=O) groups excluding carboxylic acids is 1. The molecule has 2 N–H and O–H groups in total. The molecule has 0 aliphatic heterocycles. The number of unbranched alkanes of at least 4 members (excludes halogenated alkanes) is 2. The third-order valence-electron chi connectivity index (χ3n) is 2.66. The zero-order valence-corrected chi connectivity index (χ0v) is 9.16. The van der Waals surface area contributed by atoms with E-state index in [9.17, 15) is 9.59 Å². The maximum Gasteiger partial charge on any atom is 0.326 e. The van der Waals surface area contributed by atoms with Crippen molar-refractivity contribution in [2.24, 2.45) is 5.92 Å². The summed E-state index contributed by atoms with van der Waals surface area (Å²) >= 11 is 0. The van der Waals surface area contributed by atoms with Crippen molar-refractivity contribution in [3.63, 3.8) is 0 Å². The van der Waals surface area contributed by atoms with Gasteiger partial charge < -0.3 is 10.4 Å². The third kappa shape index (κ3) is 4.32. The quantitative estimate of drug-likeness (QED) is 0.630. The molecule has 4 heteroatoms. The van der Waals surface area contributed by atoms with Crippen molar-refractivity contribution in [1.29, 1.82) is 0 Å². The van der Waals surface area contributed by atoms with Crippen LogP contribution in [0.2, 0.25) is 0 Å². The van der Waals surface area contributed by atoms with Crippen LogP contribution in [0.25, 0.3) is 0 Å². The molecule has 1 amide bonds. The Morgan fingerprint density at radius 2 is 2.07 bits per heavy atom. The molecule has 0 bridgehead atoms. The first kappa shape index (κ1) is 12.0. The van der Waals surface area contributed by atoms with Crippen molar-refractivity contribution in [1.82, 2.24) is 5.32 Å². The molecule has 1 rings (SSSR count). The SMILES string of the molecule is CCCCC[C@@H](NC(=O)C1CC1)C(=O)O. The number of carboxylic acids is 1. The molecule has 1 atom stereocenters. The highest BCUT2D eigenvalue weighted by Gasteiger charge is 2.32. The van der Waals surface area contributed by atoms with Gasteiger partial charge in [-0.2, -0.15) is 0 Å². The maximum atomic E-state index is 11.4. The van der Waals surface area contributed by atoms with Gasteiger partial charge in [0.15, 0.2) is 0 Å². The molecule has 1 saturated carbocycles. The summed E-state index contributed by atoms with van der Waals surface area (Å²) in [5.74, 6) is -0.919. The van der Waals surface area contributed by atoms with Crippen LogP contribution in [0.1, 0.15) is 45.4 Å². The Hall–Kier alpha value is -1.06. The van der Waals surface area contributed by atoms with Gasteiger partial charge in [0.2, 0.25) is 5.91 Å². The first-order valence-electron chi connectivity index (χ1n) is 5.68. The highest BCUT2D eigenvalue weighted by atomic mass is 16.4. The van der Waals surface area contributed by atoms with E-state index in [0.29, 0.717) is 6.42 Å². The summed E-state index contributed by atoms with van der Waals surface area (Å²) < 4.78 is 0. The zero-order valence-electron chi connectivity index (χ0n) is 9.16. The Kier molecular flexibility index (Phi) is 4.59. The van der Waals surface area contributed by atoms with Crippen molar-refractivity contribution < 1.29 is 14.7 Å².